The zero-order valence-electron chi connectivity index (χ0n) is 6.58. The van der Waals surface area contributed by atoms with Crippen molar-refractivity contribution >= 4 is 11.1 Å². The van der Waals surface area contributed by atoms with E-state index in [1.54, 1.807) is 0 Å². The smallest absolute Gasteiger partial charge is 0.192 e. The fraction of sp³-hybridized carbons (Fsp3) is 0.143. The highest BCUT2D eigenvalue weighted by molar-refractivity contribution is 7.79. The van der Waals surface area contributed by atoms with Crippen LogP contribution in [0, 0.1) is 11.6 Å². The lowest BCUT2D eigenvalue weighted by atomic mass is 10.3. The van der Waals surface area contributed by atoms with Crippen LogP contribution in [0.3, 0.4) is 0 Å². The topological polar surface area (TPSA) is 46.5 Å². The molecule has 0 saturated carbocycles. The van der Waals surface area contributed by atoms with E-state index in [4.69, 9.17) is 4.55 Å². The minimum Gasteiger partial charge on any atom is -0.497 e. The van der Waals surface area contributed by atoms with Crippen LogP contribution < -0.4 is 4.74 Å². The first kappa shape index (κ1) is 10.1. The van der Waals surface area contributed by atoms with E-state index in [0.717, 1.165) is 12.1 Å². The molecule has 3 nitrogen and oxygen atoms in total. The van der Waals surface area contributed by atoms with Crippen LogP contribution in [-0.2, 0) is 11.1 Å². The van der Waals surface area contributed by atoms with Gasteiger partial charge in [-0.3, -0.25) is 0 Å². The molecule has 0 aromatic heterocycles. The van der Waals surface area contributed by atoms with E-state index in [9.17, 15) is 13.0 Å². The second kappa shape index (κ2) is 3.80. The summed E-state index contributed by atoms with van der Waals surface area (Å²) in [6.07, 6.45) is 0. The van der Waals surface area contributed by atoms with Gasteiger partial charge < -0.3 is 9.29 Å². The molecular weight excluding hydrogens is 202 g/mol. The summed E-state index contributed by atoms with van der Waals surface area (Å²) in [5, 5.41) is 0. The molecule has 1 N–H and O–H groups in total. The second-order valence-corrected chi connectivity index (χ2v) is 3.08. The molecule has 0 radical (unpaired) electrons. The Labute approximate surface area is 75.6 Å². The van der Waals surface area contributed by atoms with Gasteiger partial charge >= 0.3 is 0 Å². The predicted octanol–water partition coefficient (Wildman–Crippen LogP) is 1.55. The van der Waals surface area contributed by atoms with Crippen LogP contribution >= 0.6 is 0 Å². The quantitative estimate of drug-likeness (QED) is 0.750. The van der Waals surface area contributed by atoms with Crippen molar-refractivity contribution in [3.63, 3.8) is 0 Å². The molecule has 1 aromatic carbocycles. The summed E-state index contributed by atoms with van der Waals surface area (Å²) < 4.78 is 49.2. The van der Waals surface area contributed by atoms with Gasteiger partial charge in [-0.1, -0.05) is 0 Å². The summed E-state index contributed by atoms with van der Waals surface area (Å²) in [5.41, 5.74) is 0. The fourth-order valence-electron chi connectivity index (χ4n) is 0.821. The summed E-state index contributed by atoms with van der Waals surface area (Å²) in [6, 6.07) is 1.68. The molecule has 0 amide bonds. The van der Waals surface area contributed by atoms with Gasteiger partial charge in [0.1, 0.15) is 22.3 Å². The Hall–Kier alpha value is -1.01. The van der Waals surface area contributed by atoms with Crippen molar-refractivity contribution in [3.05, 3.63) is 23.8 Å². The number of hydrogen-bond acceptors (Lipinski definition) is 2. The predicted molar refractivity (Wildman–Crippen MR) is 41.9 cm³/mol. The van der Waals surface area contributed by atoms with E-state index < -0.39 is 27.6 Å². The first-order valence-corrected chi connectivity index (χ1v) is 4.31. The van der Waals surface area contributed by atoms with Gasteiger partial charge in [-0.05, 0) is 0 Å². The van der Waals surface area contributed by atoms with E-state index in [1.807, 2.05) is 0 Å². The van der Waals surface area contributed by atoms with Gasteiger partial charge in [0.2, 0.25) is 0 Å². The number of rotatable bonds is 2. The van der Waals surface area contributed by atoms with Gasteiger partial charge in [-0.15, -0.1) is 0 Å². The highest BCUT2D eigenvalue weighted by Crippen LogP contribution is 2.22. The van der Waals surface area contributed by atoms with Crippen LogP contribution in [0.2, 0.25) is 0 Å². The Morgan fingerprint density at radius 1 is 1.38 bits per heavy atom. The van der Waals surface area contributed by atoms with Crippen LogP contribution in [0.25, 0.3) is 0 Å². The van der Waals surface area contributed by atoms with Crippen LogP contribution in [0.15, 0.2) is 17.0 Å². The first-order valence-electron chi connectivity index (χ1n) is 3.20. The molecule has 0 aliphatic heterocycles. The molecule has 0 heterocycles. The number of hydrogen-bond donors (Lipinski definition) is 1. The van der Waals surface area contributed by atoms with Crippen LogP contribution in [0.5, 0.6) is 5.75 Å². The van der Waals surface area contributed by atoms with Gasteiger partial charge in [0.25, 0.3) is 0 Å². The molecule has 1 unspecified atom stereocenters. The third kappa shape index (κ3) is 2.02. The first-order chi connectivity index (χ1) is 6.06. The third-order valence-electron chi connectivity index (χ3n) is 1.38. The van der Waals surface area contributed by atoms with Crippen molar-refractivity contribution in [2.75, 3.05) is 7.11 Å². The Bertz CT molecular complexity index is 331. The lowest BCUT2D eigenvalue weighted by molar-refractivity contribution is 0.402. The van der Waals surface area contributed by atoms with Crippen LogP contribution in [0.4, 0.5) is 8.78 Å². The van der Waals surface area contributed by atoms with Gasteiger partial charge in [0.15, 0.2) is 11.1 Å². The van der Waals surface area contributed by atoms with Crippen LogP contribution in [0.1, 0.15) is 0 Å². The van der Waals surface area contributed by atoms with Crippen molar-refractivity contribution < 1.29 is 22.3 Å². The lowest BCUT2D eigenvalue weighted by Crippen LogP contribution is -1.99. The summed E-state index contributed by atoms with van der Waals surface area (Å²) in [7, 11) is 1.24. The highest BCUT2D eigenvalue weighted by Gasteiger charge is 2.16. The van der Waals surface area contributed by atoms with E-state index >= 15 is 0 Å². The summed E-state index contributed by atoms with van der Waals surface area (Å²) in [4.78, 5) is -0.860. The van der Waals surface area contributed by atoms with Gasteiger partial charge in [-0.2, -0.15) is 0 Å². The molecule has 0 aliphatic carbocycles. The van der Waals surface area contributed by atoms with Crippen molar-refractivity contribution in [1.29, 1.82) is 0 Å². The van der Waals surface area contributed by atoms with Gasteiger partial charge in [0.05, 0.1) is 7.11 Å². The Balaban J connectivity index is 3.31. The number of halogens is 2. The molecule has 0 spiro atoms. The number of ether oxygens (including phenoxy) is 1. The Kier molecular flexibility index (Phi) is 2.94. The normalized spacial score (nSPS) is 12.6. The molecule has 13 heavy (non-hydrogen) atoms. The molecule has 1 rings (SSSR count). The van der Waals surface area contributed by atoms with Crippen molar-refractivity contribution in [3.8, 4) is 5.75 Å². The fourth-order valence-corrected chi connectivity index (χ4v) is 1.27. The molecule has 72 valence electrons. The van der Waals surface area contributed by atoms with E-state index in [-0.39, 0.29) is 5.75 Å². The van der Waals surface area contributed by atoms with E-state index in [1.165, 1.54) is 7.11 Å². The maximum absolute atomic E-state index is 12.9. The average molecular weight is 208 g/mol. The minimum absolute atomic E-state index is 0.0378. The molecular formula is C7H6F2O3S. The monoisotopic (exact) mass is 208 g/mol. The molecule has 1 atom stereocenters. The molecule has 0 aliphatic rings. The Morgan fingerprint density at radius 2 is 1.85 bits per heavy atom. The molecule has 1 aromatic rings. The summed E-state index contributed by atoms with van der Waals surface area (Å²) in [6.45, 7) is 0. The average Bonchev–Trinajstić information content (AvgIpc) is 2.02. The maximum atomic E-state index is 12.9. The molecule has 0 bridgehead atoms. The third-order valence-corrected chi connectivity index (χ3v) is 2.12. The molecule has 6 heteroatoms. The minimum atomic E-state index is -2.67. The largest absolute Gasteiger partial charge is 0.497 e. The van der Waals surface area contributed by atoms with Crippen molar-refractivity contribution in [2.45, 2.75) is 4.90 Å². The standard InChI is InChI=1S/C7H6F2O3S/c1-12-4-2-5(8)7(13(10)11)6(9)3-4/h2-3H,1H3,(H,10,11). The summed E-state index contributed by atoms with van der Waals surface area (Å²) in [5.74, 6) is -2.24. The van der Waals surface area contributed by atoms with E-state index in [2.05, 4.69) is 4.74 Å². The maximum Gasteiger partial charge on any atom is 0.192 e. The number of methoxy groups -OCH3 is 1. The van der Waals surface area contributed by atoms with E-state index in [0.29, 0.717) is 0 Å². The van der Waals surface area contributed by atoms with Gasteiger partial charge in [0, 0.05) is 12.1 Å². The highest BCUT2D eigenvalue weighted by atomic mass is 32.2. The van der Waals surface area contributed by atoms with Gasteiger partial charge in [-0.25, -0.2) is 13.0 Å². The molecule has 0 saturated heterocycles. The van der Waals surface area contributed by atoms with Crippen LogP contribution in [-0.4, -0.2) is 15.9 Å². The number of benzene rings is 1. The zero-order valence-corrected chi connectivity index (χ0v) is 7.40. The lowest BCUT2D eigenvalue weighted by Gasteiger charge is -2.03. The molecule has 0 fully saturated rings. The SMILES string of the molecule is COc1cc(F)c(S(=O)O)c(F)c1. The van der Waals surface area contributed by atoms with Crippen molar-refractivity contribution in [1.82, 2.24) is 0 Å². The zero-order chi connectivity index (χ0) is 10.0. The van der Waals surface area contributed by atoms with Crippen molar-refractivity contribution in [2.24, 2.45) is 0 Å². The second-order valence-electron chi connectivity index (χ2n) is 2.17. The Morgan fingerprint density at radius 3 is 2.15 bits per heavy atom. The summed E-state index contributed by atoms with van der Waals surface area (Å²) >= 11 is -2.67.